The van der Waals surface area contributed by atoms with Gasteiger partial charge in [-0.3, -0.25) is 9.69 Å². The Morgan fingerprint density at radius 1 is 0.919 bits per heavy atom. The maximum Gasteiger partial charge on any atom is 0.416 e. The van der Waals surface area contributed by atoms with Crippen molar-refractivity contribution < 1.29 is 22.7 Å². The summed E-state index contributed by atoms with van der Waals surface area (Å²) in [6, 6.07) is 8.89. The number of nitrogens with zero attached hydrogens (tertiary/aromatic N) is 3. The van der Waals surface area contributed by atoms with Crippen molar-refractivity contribution in [3.8, 4) is 5.75 Å². The molecular weight excluding hydrogens is 479 g/mol. The van der Waals surface area contributed by atoms with Gasteiger partial charge in [0.25, 0.3) is 5.91 Å². The minimum absolute atomic E-state index is 0.186. The van der Waals surface area contributed by atoms with Crippen LogP contribution in [0.4, 0.5) is 13.2 Å². The van der Waals surface area contributed by atoms with Crippen molar-refractivity contribution in [2.24, 2.45) is 0 Å². The van der Waals surface area contributed by atoms with Gasteiger partial charge < -0.3 is 14.5 Å². The number of piperazine rings is 1. The van der Waals surface area contributed by atoms with Crippen molar-refractivity contribution in [2.75, 3.05) is 52.4 Å². The number of carbonyl (C=O) groups excluding carboxylic acids is 1. The second-order valence-corrected chi connectivity index (χ2v) is 10.2. The van der Waals surface area contributed by atoms with Gasteiger partial charge >= 0.3 is 6.18 Å². The van der Waals surface area contributed by atoms with Crippen LogP contribution in [0, 0.1) is 13.8 Å². The van der Waals surface area contributed by atoms with Gasteiger partial charge in [-0.15, -0.1) is 0 Å². The van der Waals surface area contributed by atoms with Crippen molar-refractivity contribution in [1.82, 2.24) is 14.7 Å². The van der Waals surface area contributed by atoms with E-state index in [0.29, 0.717) is 26.2 Å². The first kappa shape index (κ1) is 27.5. The quantitative estimate of drug-likeness (QED) is 0.421. The Hall–Kier alpha value is -2.58. The summed E-state index contributed by atoms with van der Waals surface area (Å²) in [7, 11) is 0. The van der Waals surface area contributed by atoms with E-state index >= 15 is 0 Å². The molecule has 0 aromatic heterocycles. The molecule has 1 atom stereocenters. The number of hydrogen-bond donors (Lipinski definition) is 0. The molecule has 0 bridgehead atoms. The van der Waals surface area contributed by atoms with Gasteiger partial charge in [-0.05, 0) is 100 Å². The zero-order valence-electron chi connectivity index (χ0n) is 22.1. The van der Waals surface area contributed by atoms with Gasteiger partial charge in [-0.2, -0.15) is 13.2 Å². The molecule has 0 saturated carbocycles. The Bertz CT molecular complexity index is 1060. The molecule has 1 unspecified atom stereocenters. The fourth-order valence-corrected chi connectivity index (χ4v) is 5.40. The highest BCUT2D eigenvalue weighted by Gasteiger charge is 2.31. The van der Waals surface area contributed by atoms with E-state index in [4.69, 9.17) is 4.74 Å². The average molecular weight is 518 g/mol. The number of likely N-dealkylation sites (tertiary alicyclic amines) is 1. The van der Waals surface area contributed by atoms with Gasteiger partial charge in [-0.1, -0.05) is 6.07 Å². The average Bonchev–Trinajstić information content (AvgIpc) is 3.41. The van der Waals surface area contributed by atoms with Crippen LogP contribution in [0.2, 0.25) is 0 Å². The molecule has 37 heavy (non-hydrogen) atoms. The monoisotopic (exact) mass is 517 g/mol. The van der Waals surface area contributed by atoms with Gasteiger partial charge in [-0.25, -0.2) is 0 Å². The maximum atomic E-state index is 12.8. The molecule has 1 amide bonds. The Morgan fingerprint density at radius 3 is 2.19 bits per heavy atom. The highest BCUT2D eigenvalue weighted by atomic mass is 19.4. The molecule has 2 aliphatic heterocycles. The fraction of sp³-hybridized carbons (Fsp3) is 0.552. The van der Waals surface area contributed by atoms with Crippen LogP contribution in [0.3, 0.4) is 0 Å². The molecule has 0 N–H and O–H groups in total. The van der Waals surface area contributed by atoms with Crippen LogP contribution in [-0.2, 0) is 6.18 Å². The minimum atomic E-state index is -4.41. The van der Waals surface area contributed by atoms with E-state index < -0.39 is 11.7 Å². The maximum absolute atomic E-state index is 12.8. The van der Waals surface area contributed by atoms with E-state index in [9.17, 15) is 18.0 Å². The summed E-state index contributed by atoms with van der Waals surface area (Å²) in [5.74, 6) is 0.723. The van der Waals surface area contributed by atoms with E-state index in [1.54, 1.807) is 4.90 Å². The van der Waals surface area contributed by atoms with Crippen LogP contribution < -0.4 is 4.74 Å². The van der Waals surface area contributed by atoms with Crippen LogP contribution in [0.1, 0.15) is 64.8 Å². The molecule has 5 nitrogen and oxygen atoms in total. The van der Waals surface area contributed by atoms with Crippen LogP contribution in [0.25, 0.3) is 0 Å². The predicted molar refractivity (Wildman–Crippen MR) is 139 cm³/mol. The fourth-order valence-electron chi connectivity index (χ4n) is 5.40. The van der Waals surface area contributed by atoms with Gasteiger partial charge in [0.1, 0.15) is 5.75 Å². The Morgan fingerprint density at radius 2 is 1.57 bits per heavy atom. The Labute approximate surface area is 218 Å². The highest BCUT2D eigenvalue weighted by molar-refractivity contribution is 5.94. The summed E-state index contributed by atoms with van der Waals surface area (Å²) in [5.41, 5.74) is 3.20. The number of amides is 1. The summed E-state index contributed by atoms with van der Waals surface area (Å²) >= 11 is 0. The molecule has 2 aromatic rings. The summed E-state index contributed by atoms with van der Waals surface area (Å²) in [5, 5.41) is 0. The smallest absolute Gasteiger partial charge is 0.416 e. The van der Waals surface area contributed by atoms with Gasteiger partial charge in [0.15, 0.2) is 0 Å². The van der Waals surface area contributed by atoms with Gasteiger partial charge in [0, 0.05) is 44.3 Å². The number of alkyl halides is 3. The molecule has 2 saturated heterocycles. The number of hydrogen-bond acceptors (Lipinski definition) is 4. The first-order valence-corrected chi connectivity index (χ1v) is 13.3. The highest BCUT2D eigenvalue weighted by Crippen LogP contribution is 2.32. The van der Waals surface area contributed by atoms with E-state index in [0.717, 1.165) is 37.5 Å². The first-order valence-electron chi connectivity index (χ1n) is 13.3. The van der Waals surface area contributed by atoms with E-state index in [-0.39, 0.29) is 17.5 Å². The molecule has 0 aliphatic carbocycles. The van der Waals surface area contributed by atoms with E-state index in [2.05, 4.69) is 42.7 Å². The van der Waals surface area contributed by atoms with E-state index in [1.807, 2.05) is 0 Å². The normalized spacial score (nSPS) is 18.3. The Kier molecular flexibility index (Phi) is 8.80. The zero-order chi connectivity index (χ0) is 26.6. The summed E-state index contributed by atoms with van der Waals surface area (Å²) in [6.45, 7) is 13.2. The van der Waals surface area contributed by atoms with Gasteiger partial charge in [0.05, 0.1) is 12.2 Å². The minimum Gasteiger partial charge on any atom is -0.493 e. The summed E-state index contributed by atoms with van der Waals surface area (Å²) < 4.78 is 44.6. The largest absolute Gasteiger partial charge is 0.493 e. The second kappa shape index (κ2) is 11.9. The second-order valence-electron chi connectivity index (χ2n) is 10.2. The van der Waals surface area contributed by atoms with Gasteiger partial charge in [0.2, 0.25) is 0 Å². The van der Waals surface area contributed by atoms with Crippen molar-refractivity contribution in [1.29, 1.82) is 0 Å². The molecule has 2 aromatic carbocycles. The summed E-state index contributed by atoms with van der Waals surface area (Å²) in [6.07, 6.45) is -0.754. The van der Waals surface area contributed by atoms with Crippen molar-refractivity contribution in [3.63, 3.8) is 0 Å². The number of carbonyl (C=O) groups is 1. The van der Waals surface area contributed by atoms with Crippen LogP contribution in [0.15, 0.2) is 36.4 Å². The molecule has 2 heterocycles. The lowest BCUT2D eigenvalue weighted by Crippen LogP contribution is -2.49. The third-order valence-electron chi connectivity index (χ3n) is 7.91. The molecule has 8 heteroatoms. The standard InChI is InChI=1S/C29H38F3N3O2/c1-21-22(2)27(37-20-6-15-33-13-4-5-14-33)12-11-26(21)23(3)34-16-18-35(19-17-34)28(36)24-7-9-25(10-8-24)29(30,31)32/h7-12,23H,4-6,13-20H2,1-3H3. The Balaban J connectivity index is 1.30. The first-order chi connectivity index (χ1) is 17.6. The molecule has 2 aliphatic rings. The number of ether oxygens (including phenoxy) is 1. The third kappa shape index (κ3) is 6.65. The van der Waals surface area contributed by atoms with E-state index in [1.165, 1.54) is 54.8 Å². The third-order valence-corrected chi connectivity index (χ3v) is 7.91. The predicted octanol–water partition coefficient (Wildman–Crippen LogP) is 5.71. The molecule has 4 rings (SSSR count). The topological polar surface area (TPSA) is 36.0 Å². The van der Waals surface area contributed by atoms with Crippen LogP contribution in [-0.4, -0.2) is 73.0 Å². The number of halogens is 3. The van der Waals surface area contributed by atoms with Crippen molar-refractivity contribution >= 4 is 5.91 Å². The van der Waals surface area contributed by atoms with Crippen molar-refractivity contribution in [2.45, 2.75) is 52.3 Å². The molecule has 2 fully saturated rings. The summed E-state index contributed by atoms with van der Waals surface area (Å²) in [4.78, 5) is 19.4. The molecular formula is C29H38F3N3O2. The SMILES string of the molecule is Cc1c(OCCCN2CCCC2)ccc(C(C)N2CCN(C(=O)c3ccc(C(F)(F)F)cc3)CC2)c1C. The molecule has 0 radical (unpaired) electrons. The number of benzene rings is 2. The zero-order valence-corrected chi connectivity index (χ0v) is 22.1. The van der Waals surface area contributed by atoms with Crippen molar-refractivity contribution in [3.05, 3.63) is 64.2 Å². The lowest BCUT2D eigenvalue weighted by Gasteiger charge is -2.39. The lowest BCUT2D eigenvalue weighted by atomic mass is 9.96. The molecule has 202 valence electrons. The lowest BCUT2D eigenvalue weighted by molar-refractivity contribution is -0.137. The van der Waals surface area contributed by atoms with Crippen LogP contribution >= 0.6 is 0 Å². The number of rotatable bonds is 8. The van der Waals surface area contributed by atoms with Crippen LogP contribution in [0.5, 0.6) is 5.75 Å². The molecule has 0 spiro atoms.